The highest BCUT2D eigenvalue weighted by atomic mass is 16.3. The van der Waals surface area contributed by atoms with Gasteiger partial charge in [0.2, 0.25) is 17.7 Å². The molecule has 11 nitrogen and oxygen atoms in total. The lowest BCUT2D eigenvalue weighted by molar-refractivity contribution is -0.149. The molecule has 1 fully saturated rings. The lowest BCUT2D eigenvalue weighted by Crippen LogP contribution is -2.64. The number of nitrogens with zero attached hydrogens (tertiary/aromatic N) is 4. The van der Waals surface area contributed by atoms with Gasteiger partial charge < -0.3 is 5.11 Å². The van der Waals surface area contributed by atoms with Crippen LogP contribution in [0.3, 0.4) is 0 Å². The van der Waals surface area contributed by atoms with Crippen molar-refractivity contribution in [1.29, 1.82) is 0 Å². The maximum atomic E-state index is 14.7. The van der Waals surface area contributed by atoms with Gasteiger partial charge in [0.1, 0.15) is 16.9 Å². The second-order valence-corrected chi connectivity index (χ2v) is 8.78. The van der Waals surface area contributed by atoms with Crippen LogP contribution >= 0.6 is 0 Å². The molecule has 37 heavy (non-hydrogen) atoms. The van der Waals surface area contributed by atoms with Crippen LogP contribution in [0, 0.1) is 5.92 Å². The molecule has 2 aromatic carbocycles. The molecule has 1 saturated heterocycles. The largest absolute Gasteiger partial charge is 0.494 e. The van der Waals surface area contributed by atoms with Crippen LogP contribution in [0.2, 0.25) is 0 Å². The van der Waals surface area contributed by atoms with Crippen molar-refractivity contribution in [3.63, 3.8) is 0 Å². The molecule has 1 N–H and O–H groups in total. The standard InChI is InChI=1S/C26H24N4O7/c1-27-20(32)17(21(33)28(2)24(27)36)19(31)26(15-11-7-5-8-12-15,16-13-9-6-10-14-16)18-22(34)29(3)25(37)30(4)23(18)35/h5-14,18,32H,1-4H3. The summed E-state index contributed by atoms with van der Waals surface area (Å²) in [5, 5.41) is 10.9. The third-order valence-corrected chi connectivity index (χ3v) is 6.84. The zero-order valence-electron chi connectivity index (χ0n) is 20.5. The van der Waals surface area contributed by atoms with Crippen LogP contribution < -0.4 is 11.2 Å². The Hall–Kier alpha value is -4.80. The van der Waals surface area contributed by atoms with E-state index in [1.807, 2.05) is 0 Å². The molecule has 1 aliphatic heterocycles. The normalized spacial score (nSPS) is 14.9. The first kappa shape index (κ1) is 25.3. The highest BCUT2D eigenvalue weighted by molar-refractivity contribution is 6.22. The topological polar surface area (TPSA) is 139 Å². The maximum absolute atomic E-state index is 14.7. The number of rotatable bonds is 5. The van der Waals surface area contributed by atoms with Crippen molar-refractivity contribution in [3.05, 3.63) is 98.2 Å². The molecule has 0 saturated carbocycles. The molecule has 0 aliphatic carbocycles. The predicted octanol–water partition coefficient (Wildman–Crippen LogP) is 0.625. The number of imide groups is 2. The van der Waals surface area contributed by atoms with E-state index in [0.717, 1.165) is 21.4 Å². The second-order valence-electron chi connectivity index (χ2n) is 8.78. The molecule has 3 aromatic rings. The van der Waals surface area contributed by atoms with Crippen LogP contribution in [0.15, 0.2) is 70.3 Å². The van der Waals surface area contributed by atoms with Crippen molar-refractivity contribution < 1.29 is 24.3 Å². The fourth-order valence-corrected chi connectivity index (χ4v) is 4.80. The van der Waals surface area contributed by atoms with E-state index in [0.29, 0.717) is 4.57 Å². The Balaban J connectivity index is 2.22. The molecule has 4 amide bonds. The average molecular weight is 504 g/mol. The van der Waals surface area contributed by atoms with Gasteiger partial charge in [0.25, 0.3) is 5.56 Å². The smallest absolute Gasteiger partial charge is 0.333 e. The van der Waals surface area contributed by atoms with Gasteiger partial charge in [0, 0.05) is 28.2 Å². The summed E-state index contributed by atoms with van der Waals surface area (Å²) >= 11 is 0. The quantitative estimate of drug-likeness (QED) is 0.397. The van der Waals surface area contributed by atoms with Gasteiger partial charge in [-0.05, 0) is 11.1 Å². The third-order valence-electron chi connectivity index (χ3n) is 6.84. The summed E-state index contributed by atoms with van der Waals surface area (Å²) in [6.07, 6.45) is 0. The van der Waals surface area contributed by atoms with E-state index in [2.05, 4.69) is 0 Å². The molecular weight excluding hydrogens is 480 g/mol. The van der Waals surface area contributed by atoms with Crippen molar-refractivity contribution in [1.82, 2.24) is 18.9 Å². The molecular formula is C26H24N4O7. The SMILES string of the molecule is CN1C(=O)C(C(C(=O)c2c(O)n(C)c(=O)n(C)c2=O)(c2ccccc2)c2ccccc2)C(=O)N(C)C1=O. The van der Waals surface area contributed by atoms with E-state index in [9.17, 15) is 33.9 Å². The first-order valence-corrected chi connectivity index (χ1v) is 11.2. The molecule has 4 rings (SSSR count). The third kappa shape index (κ3) is 3.50. The molecule has 190 valence electrons. The van der Waals surface area contributed by atoms with E-state index in [1.54, 1.807) is 36.4 Å². The van der Waals surface area contributed by atoms with Crippen LogP contribution in [0.4, 0.5) is 4.79 Å². The van der Waals surface area contributed by atoms with E-state index in [4.69, 9.17) is 0 Å². The number of carbonyl (C=O) groups is 4. The number of aromatic nitrogens is 2. The van der Waals surface area contributed by atoms with Crippen molar-refractivity contribution in [3.8, 4) is 5.88 Å². The Kier molecular flexibility index (Phi) is 6.16. The van der Waals surface area contributed by atoms with Crippen LogP contribution in [-0.2, 0) is 29.1 Å². The maximum Gasteiger partial charge on any atom is 0.333 e. The monoisotopic (exact) mass is 504 g/mol. The Morgan fingerprint density at radius 3 is 1.59 bits per heavy atom. The van der Waals surface area contributed by atoms with Crippen molar-refractivity contribution in [2.45, 2.75) is 5.41 Å². The first-order chi connectivity index (χ1) is 17.5. The number of urea groups is 1. The van der Waals surface area contributed by atoms with Crippen LogP contribution in [-0.4, -0.2) is 61.8 Å². The predicted molar refractivity (Wildman–Crippen MR) is 131 cm³/mol. The summed E-state index contributed by atoms with van der Waals surface area (Å²) in [6.45, 7) is 0. The van der Waals surface area contributed by atoms with Gasteiger partial charge in [-0.15, -0.1) is 0 Å². The van der Waals surface area contributed by atoms with Crippen LogP contribution in [0.1, 0.15) is 21.5 Å². The minimum Gasteiger partial charge on any atom is -0.494 e. The number of ketones is 1. The lowest BCUT2D eigenvalue weighted by atomic mass is 9.60. The molecule has 1 aliphatic rings. The Morgan fingerprint density at radius 2 is 1.16 bits per heavy atom. The van der Waals surface area contributed by atoms with Gasteiger partial charge >= 0.3 is 11.7 Å². The fraction of sp³-hybridized carbons (Fsp3) is 0.231. The lowest BCUT2D eigenvalue weighted by Gasteiger charge is -2.44. The van der Waals surface area contributed by atoms with E-state index < -0.39 is 57.7 Å². The van der Waals surface area contributed by atoms with Crippen LogP contribution in [0.25, 0.3) is 0 Å². The molecule has 0 bridgehead atoms. The fourth-order valence-electron chi connectivity index (χ4n) is 4.80. The number of amides is 4. The van der Waals surface area contributed by atoms with E-state index in [1.165, 1.54) is 45.4 Å². The van der Waals surface area contributed by atoms with Gasteiger partial charge in [0.15, 0.2) is 5.78 Å². The summed E-state index contributed by atoms with van der Waals surface area (Å²) in [5.41, 5.74) is -4.61. The minimum absolute atomic E-state index is 0.171. The number of hydrogen-bond acceptors (Lipinski definition) is 7. The number of benzene rings is 2. The van der Waals surface area contributed by atoms with Gasteiger partial charge in [0.05, 0.1) is 0 Å². The number of Topliss-reactive ketones (excluding diaryl/α,β-unsaturated/α-hetero) is 1. The Labute approximate surface area is 210 Å². The highest BCUT2D eigenvalue weighted by Gasteiger charge is 2.60. The Bertz CT molecular complexity index is 1490. The molecule has 0 unspecified atom stereocenters. The average Bonchev–Trinajstić information content (AvgIpc) is 2.92. The zero-order valence-corrected chi connectivity index (χ0v) is 20.5. The minimum atomic E-state index is -2.19. The summed E-state index contributed by atoms with van der Waals surface area (Å²) in [7, 11) is 4.70. The number of carbonyl (C=O) groups excluding carboxylic acids is 4. The highest BCUT2D eigenvalue weighted by Crippen LogP contribution is 2.45. The molecule has 0 spiro atoms. The van der Waals surface area contributed by atoms with Gasteiger partial charge in [-0.25, -0.2) is 9.59 Å². The number of barbiturate groups is 1. The summed E-state index contributed by atoms with van der Waals surface area (Å²) in [4.78, 5) is 81.8. The zero-order chi connectivity index (χ0) is 27.2. The van der Waals surface area contributed by atoms with Gasteiger partial charge in [-0.1, -0.05) is 60.7 Å². The van der Waals surface area contributed by atoms with Crippen molar-refractivity contribution in [2.75, 3.05) is 14.1 Å². The van der Waals surface area contributed by atoms with Crippen LogP contribution in [0.5, 0.6) is 5.88 Å². The number of hydrogen-bond donors (Lipinski definition) is 1. The van der Waals surface area contributed by atoms with E-state index >= 15 is 0 Å². The van der Waals surface area contributed by atoms with Crippen molar-refractivity contribution in [2.24, 2.45) is 20.0 Å². The Morgan fingerprint density at radius 1 is 0.730 bits per heavy atom. The molecule has 0 radical (unpaired) electrons. The second kappa shape index (κ2) is 9.01. The summed E-state index contributed by atoms with van der Waals surface area (Å²) in [5.74, 6) is -5.74. The first-order valence-electron chi connectivity index (χ1n) is 11.2. The summed E-state index contributed by atoms with van der Waals surface area (Å²) < 4.78 is 1.38. The molecule has 2 heterocycles. The van der Waals surface area contributed by atoms with E-state index in [-0.39, 0.29) is 11.1 Å². The van der Waals surface area contributed by atoms with Crippen molar-refractivity contribution >= 4 is 23.6 Å². The molecule has 1 aromatic heterocycles. The molecule has 11 heteroatoms. The number of aromatic hydroxyl groups is 1. The summed E-state index contributed by atoms with van der Waals surface area (Å²) in [6, 6.07) is 14.9. The molecule has 0 atom stereocenters. The van der Waals surface area contributed by atoms with Gasteiger partial charge in [-0.2, -0.15) is 0 Å². The van der Waals surface area contributed by atoms with Gasteiger partial charge in [-0.3, -0.25) is 38.1 Å².